The maximum atomic E-state index is 14.3. The topological polar surface area (TPSA) is 72.5 Å². The summed E-state index contributed by atoms with van der Waals surface area (Å²) in [5, 5.41) is 2.32. The van der Waals surface area contributed by atoms with Crippen molar-refractivity contribution in [2.45, 2.75) is 63.2 Å². The van der Waals surface area contributed by atoms with Crippen molar-refractivity contribution >= 4 is 21.6 Å². The summed E-state index contributed by atoms with van der Waals surface area (Å²) in [4.78, 5) is 12.0. The lowest BCUT2D eigenvalue weighted by Gasteiger charge is -2.20. The van der Waals surface area contributed by atoms with Gasteiger partial charge in [-0.15, -0.1) is 0 Å². The van der Waals surface area contributed by atoms with Crippen molar-refractivity contribution in [3.05, 3.63) is 59.4 Å². The van der Waals surface area contributed by atoms with E-state index in [2.05, 4.69) is 5.32 Å². The summed E-state index contributed by atoms with van der Waals surface area (Å²) in [6.45, 7) is 11.2. The molecule has 0 aliphatic rings. The van der Waals surface area contributed by atoms with Gasteiger partial charge in [0.25, 0.3) is 0 Å². The number of hydrogen-bond donors (Lipinski definition) is 1. The van der Waals surface area contributed by atoms with E-state index in [9.17, 15) is 17.6 Å². The first-order valence-corrected chi connectivity index (χ1v) is 10.9. The normalized spacial score (nSPS) is 12.5. The summed E-state index contributed by atoms with van der Waals surface area (Å²) in [5.74, 6) is -1.07. The third-order valence-electron chi connectivity index (χ3n) is 4.11. The molecule has 0 fully saturated rings. The van der Waals surface area contributed by atoms with E-state index in [1.165, 1.54) is 12.1 Å². The predicted molar refractivity (Wildman–Crippen MR) is 112 cm³/mol. The number of carbonyl (C=O) groups excluding carboxylic acids is 1. The molecule has 29 heavy (non-hydrogen) atoms. The Balaban J connectivity index is 2.15. The van der Waals surface area contributed by atoms with E-state index in [-0.39, 0.29) is 27.3 Å². The highest BCUT2D eigenvalue weighted by molar-refractivity contribution is 7.90. The van der Waals surface area contributed by atoms with Crippen LogP contribution >= 0.6 is 0 Å². The molecule has 1 amide bonds. The third-order valence-corrected chi connectivity index (χ3v) is 5.81. The summed E-state index contributed by atoms with van der Waals surface area (Å²) in [6.07, 6.45) is -0.782. The SMILES string of the molecule is CC(C)(C)OC(=O)Nc1ccc(CS(=O)(=O)c2ccc(C(C)(C)C)cc2)cc1F. The summed E-state index contributed by atoms with van der Waals surface area (Å²) >= 11 is 0. The van der Waals surface area contributed by atoms with Crippen LogP contribution < -0.4 is 5.32 Å². The van der Waals surface area contributed by atoms with E-state index in [0.717, 1.165) is 11.6 Å². The molecule has 1 N–H and O–H groups in total. The molecule has 0 saturated heterocycles. The lowest BCUT2D eigenvalue weighted by molar-refractivity contribution is 0.0635. The van der Waals surface area contributed by atoms with Crippen LogP contribution in [0.4, 0.5) is 14.9 Å². The number of benzene rings is 2. The Bertz CT molecular complexity index is 985. The van der Waals surface area contributed by atoms with Crippen LogP contribution in [0.3, 0.4) is 0 Å². The summed E-state index contributed by atoms with van der Waals surface area (Å²) in [7, 11) is -3.63. The van der Waals surface area contributed by atoms with E-state index in [0.29, 0.717) is 0 Å². The van der Waals surface area contributed by atoms with Gasteiger partial charge >= 0.3 is 6.09 Å². The van der Waals surface area contributed by atoms with Gasteiger partial charge in [0.05, 0.1) is 16.3 Å². The minimum atomic E-state index is -3.63. The van der Waals surface area contributed by atoms with E-state index in [1.54, 1.807) is 45.0 Å². The number of nitrogens with one attached hydrogen (secondary N) is 1. The van der Waals surface area contributed by atoms with Crippen LogP contribution in [0.25, 0.3) is 0 Å². The van der Waals surface area contributed by atoms with Crippen LogP contribution in [0.5, 0.6) is 0 Å². The van der Waals surface area contributed by atoms with Crippen molar-refractivity contribution in [3.8, 4) is 0 Å². The molecule has 7 heteroatoms. The number of anilines is 1. The zero-order valence-electron chi connectivity index (χ0n) is 17.7. The second-order valence-electron chi connectivity index (χ2n) is 8.97. The van der Waals surface area contributed by atoms with E-state index >= 15 is 0 Å². The molecular formula is C22H28FNO4S. The lowest BCUT2D eigenvalue weighted by atomic mass is 9.87. The van der Waals surface area contributed by atoms with Gasteiger partial charge in [0.1, 0.15) is 11.4 Å². The van der Waals surface area contributed by atoms with Gasteiger partial charge in [-0.3, -0.25) is 5.32 Å². The molecule has 2 aromatic carbocycles. The molecule has 0 aliphatic heterocycles. The summed E-state index contributed by atoms with van der Waals surface area (Å²) in [5.41, 5.74) is 0.451. The minimum absolute atomic E-state index is 0.0741. The molecular weight excluding hydrogens is 393 g/mol. The number of hydrogen-bond acceptors (Lipinski definition) is 4. The highest BCUT2D eigenvalue weighted by atomic mass is 32.2. The fourth-order valence-corrected chi connectivity index (χ4v) is 3.96. The molecule has 0 bridgehead atoms. The van der Waals surface area contributed by atoms with Crippen molar-refractivity contribution in [1.29, 1.82) is 0 Å². The van der Waals surface area contributed by atoms with Gasteiger partial charge in [-0.05, 0) is 61.6 Å². The Morgan fingerprint density at radius 1 is 1.00 bits per heavy atom. The zero-order valence-corrected chi connectivity index (χ0v) is 18.5. The van der Waals surface area contributed by atoms with Crippen LogP contribution in [-0.2, 0) is 25.7 Å². The van der Waals surface area contributed by atoms with Gasteiger partial charge < -0.3 is 4.74 Å². The highest BCUT2D eigenvalue weighted by Gasteiger charge is 2.20. The first-order chi connectivity index (χ1) is 13.2. The number of sulfone groups is 1. The van der Waals surface area contributed by atoms with E-state index in [1.807, 2.05) is 20.8 Å². The summed E-state index contributed by atoms with van der Waals surface area (Å²) < 4.78 is 44.8. The average molecular weight is 422 g/mol. The number of amides is 1. The minimum Gasteiger partial charge on any atom is -0.444 e. The molecule has 0 atom stereocenters. The predicted octanol–water partition coefficient (Wildman–Crippen LogP) is 5.44. The molecule has 0 saturated carbocycles. The van der Waals surface area contributed by atoms with Gasteiger partial charge in [0.2, 0.25) is 0 Å². The molecule has 0 spiro atoms. The van der Waals surface area contributed by atoms with Gasteiger partial charge in [-0.25, -0.2) is 17.6 Å². The monoisotopic (exact) mass is 421 g/mol. The van der Waals surface area contributed by atoms with Gasteiger partial charge in [0.15, 0.2) is 9.84 Å². The van der Waals surface area contributed by atoms with Crippen molar-refractivity contribution in [1.82, 2.24) is 0 Å². The van der Waals surface area contributed by atoms with Gasteiger partial charge in [0, 0.05) is 0 Å². The van der Waals surface area contributed by atoms with Crippen LogP contribution in [0.2, 0.25) is 0 Å². The number of carbonyl (C=O) groups is 1. The molecule has 0 unspecified atom stereocenters. The lowest BCUT2D eigenvalue weighted by Crippen LogP contribution is -2.27. The van der Waals surface area contributed by atoms with E-state index in [4.69, 9.17) is 4.74 Å². The van der Waals surface area contributed by atoms with Crippen molar-refractivity contribution in [2.75, 3.05) is 5.32 Å². The van der Waals surface area contributed by atoms with Crippen LogP contribution in [-0.4, -0.2) is 20.1 Å². The smallest absolute Gasteiger partial charge is 0.412 e. The van der Waals surface area contributed by atoms with Crippen LogP contribution in [0.15, 0.2) is 47.4 Å². The Morgan fingerprint density at radius 2 is 1.59 bits per heavy atom. The van der Waals surface area contributed by atoms with Gasteiger partial charge in [-0.1, -0.05) is 39.0 Å². The number of ether oxygens (including phenoxy) is 1. The zero-order chi connectivity index (χ0) is 22.0. The Morgan fingerprint density at radius 3 is 2.07 bits per heavy atom. The van der Waals surface area contributed by atoms with Crippen molar-refractivity contribution in [3.63, 3.8) is 0 Å². The quantitative estimate of drug-likeness (QED) is 0.713. The molecule has 2 aromatic rings. The third kappa shape index (κ3) is 6.56. The molecule has 2 rings (SSSR count). The Labute approximate surface area is 172 Å². The highest BCUT2D eigenvalue weighted by Crippen LogP contribution is 2.25. The molecule has 0 heterocycles. The number of halogens is 1. The van der Waals surface area contributed by atoms with Crippen LogP contribution in [0, 0.1) is 5.82 Å². The molecule has 158 valence electrons. The molecule has 0 aromatic heterocycles. The van der Waals surface area contributed by atoms with Crippen molar-refractivity contribution < 1.29 is 22.3 Å². The fourth-order valence-electron chi connectivity index (χ4n) is 2.63. The molecule has 5 nitrogen and oxygen atoms in total. The average Bonchev–Trinajstić information content (AvgIpc) is 2.55. The molecule has 0 radical (unpaired) electrons. The first-order valence-electron chi connectivity index (χ1n) is 9.29. The largest absolute Gasteiger partial charge is 0.444 e. The second-order valence-corrected chi connectivity index (χ2v) is 11.0. The van der Waals surface area contributed by atoms with Gasteiger partial charge in [-0.2, -0.15) is 0 Å². The first kappa shape index (κ1) is 22.9. The van der Waals surface area contributed by atoms with Crippen LogP contribution in [0.1, 0.15) is 52.7 Å². The fraction of sp³-hybridized carbons (Fsp3) is 0.409. The second kappa shape index (κ2) is 8.14. The summed E-state index contributed by atoms with van der Waals surface area (Å²) in [6, 6.07) is 10.6. The standard InChI is InChI=1S/C22H28FNO4S/c1-21(2,3)16-8-10-17(11-9-16)29(26,27)14-15-7-12-19(18(23)13-15)24-20(25)28-22(4,5)6/h7-13H,14H2,1-6H3,(H,24,25). The Hall–Kier alpha value is -2.41. The van der Waals surface area contributed by atoms with Crippen molar-refractivity contribution in [2.24, 2.45) is 0 Å². The van der Waals surface area contributed by atoms with E-state index < -0.39 is 27.3 Å². The number of rotatable bonds is 4. The maximum Gasteiger partial charge on any atom is 0.412 e. The maximum absolute atomic E-state index is 14.3. The Kier molecular flexibility index (Phi) is 6.42. The molecule has 0 aliphatic carbocycles.